The van der Waals surface area contributed by atoms with Crippen molar-refractivity contribution in [2.24, 2.45) is 0 Å². The maximum Gasteiger partial charge on any atom is 0.337 e. The largest absolute Gasteiger partial charge is 0.469 e. The summed E-state index contributed by atoms with van der Waals surface area (Å²) in [5, 5.41) is 3.46. The fourth-order valence-corrected chi connectivity index (χ4v) is 7.92. The predicted octanol–water partition coefficient (Wildman–Crippen LogP) is 8.43. The number of sulfonamides is 1. The number of carbonyl (C=O) groups is 4. The molecule has 13 heteroatoms. The highest BCUT2D eigenvalue weighted by Gasteiger charge is 2.23. The third kappa shape index (κ3) is 21.1. The summed E-state index contributed by atoms with van der Waals surface area (Å²) in [7, 11) is 1.97. The van der Waals surface area contributed by atoms with Crippen LogP contribution in [0, 0.1) is 6.92 Å². The van der Waals surface area contributed by atoms with Gasteiger partial charge >= 0.3 is 23.9 Å². The fraction of sp³-hybridized carbons (Fsp3) is 0.532. The third-order valence-corrected chi connectivity index (χ3v) is 12.0. The molecule has 332 valence electrons. The van der Waals surface area contributed by atoms with Gasteiger partial charge in [0.05, 0.1) is 44.5 Å². The summed E-state index contributed by atoms with van der Waals surface area (Å²) in [4.78, 5) is 45.4. The van der Waals surface area contributed by atoms with Crippen LogP contribution in [-0.2, 0) is 51.4 Å². The summed E-state index contributed by atoms with van der Waals surface area (Å²) < 4.78 is 46.9. The van der Waals surface area contributed by atoms with Crippen molar-refractivity contribution in [1.82, 2.24) is 9.62 Å². The summed E-state index contributed by atoms with van der Waals surface area (Å²) in [6.45, 7) is 4.84. The van der Waals surface area contributed by atoms with Crippen molar-refractivity contribution in [3.8, 4) is 0 Å². The topological polar surface area (TPSA) is 155 Å². The van der Waals surface area contributed by atoms with Crippen LogP contribution < -0.4 is 5.32 Å². The first-order valence-electron chi connectivity index (χ1n) is 21.2. The molecule has 60 heavy (non-hydrogen) atoms. The van der Waals surface area contributed by atoms with Crippen LogP contribution in [0.5, 0.6) is 0 Å². The Morgan fingerprint density at radius 3 is 1.40 bits per heavy atom. The van der Waals surface area contributed by atoms with E-state index in [2.05, 4.69) is 19.5 Å². The van der Waals surface area contributed by atoms with Crippen LogP contribution in [0.2, 0.25) is 0 Å². The summed E-state index contributed by atoms with van der Waals surface area (Å²) >= 11 is 0. The third-order valence-electron chi connectivity index (χ3n) is 10.1. The molecule has 0 unspecified atom stereocenters. The first-order chi connectivity index (χ1) is 28.9. The van der Waals surface area contributed by atoms with Crippen molar-refractivity contribution >= 4 is 33.9 Å². The molecule has 0 aliphatic heterocycles. The molecule has 3 aromatic carbocycles. The van der Waals surface area contributed by atoms with Gasteiger partial charge in [-0.3, -0.25) is 9.59 Å². The van der Waals surface area contributed by atoms with Gasteiger partial charge in [0.2, 0.25) is 10.0 Å². The van der Waals surface area contributed by atoms with Crippen molar-refractivity contribution in [3.05, 3.63) is 101 Å². The average molecular weight is 853 g/mol. The van der Waals surface area contributed by atoms with Crippen molar-refractivity contribution < 1.29 is 46.5 Å². The first-order valence-corrected chi connectivity index (χ1v) is 22.6. The minimum absolute atomic E-state index is 0.110. The second kappa shape index (κ2) is 30.4. The van der Waals surface area contributed by atoms with Crippen molar-refractivity contribution in [2.75, 3.05) is 54.6 Å². The van der Waals surface area contributed by atoms with Crippen LogP contribution in [0.15, 0.2) is 77.7 Å². The number of aryl methyl sites for hydroxylation is 3. The van der Waals surface area contributed by atoms with E-state index in [0.29, 0.717) is 54.8 Å². The lowest BCUT2D eigenvalue weighted by atomic mass is 10.1. The van der Waals surface area contributed by atoms with Crippen LogP contribution in [-0.4, -0.2) is 91.2 Å². The SMILES string of the molecule is COC(=O)CCCCCCCN(CCCc1ccc(C(=O)OC)cc1)S(=O)(=O)c1ccc(C)cc1.COC(=O)CCCCCCCNCCCc1ccc(C(=O)OC)cc1. The molecule has 1 N–H and O–H groups in total. The molecule has 0 saturated carbocycles. The summed E-state index contributed by atoms with van der Waals surface area (Å²) in [6.07, 6.45) is 14.3. The van der Waals surface area contributed by atoms with E-state index in [1.807, 2.05) is 55.5 Å². The number of hydrogen-bond acceptors (Lipinski definition) is 11. The number of esters is 4. The van der Waals surface area contributed by atoms with Gasteiger partial charge in [-0.1, -0.05) is 80.5 Å². The molecule has 0 aromatic heterocycles. The Balaban J connectivity index is 0.000000438. The number of methoxy groups -OCH3 is 4. The summed E-state index contributed by atoms with van der Waals surface area (Å²) in [6, 6.07) is 21.8. The highest BCUT2D eigenvalue weighted by molar-refractivity contribution is 7.89. The van der Waals surface area contributed by atoms with Gasteiger partial charge in [0.1, 0.15) is 0 Å². The number of nitrogens with zero attached hydrogens (tertiary/aromatic N) is 1. The lowest BCUT2D eigenvalue weighted by Gasteiger charge is -2.22. The van der Waals surface area contributed by atoms with Gasteiger partial charge in [-0.25, -0.2) is 18.0 Å². The van der Waals surface area contributed by atoms with Crippen LogP contribution >= 0.6 is 0 Å². The second-order valence-corrected chi connectivity index (χ2v) is 16.7. The normalized spacial score (nSPS) is 11.0. The van der Waals surface area contributed by atoms with E-state index >= 15 is 0 Å². The number of unbranched alkanes of at least 4 members (excludes halogenated alkanes) is 8. The summed E-state index contributed by atoms with van der Waals surface area (Å²) in [5.41, 5.74) is 4.37. The van der Waals surface area contributed by atoms with E-state index in [1.165, 1.54) is 53.3 Å². The maximum absolute atomic E-state index is 13.3. The molecule has 0 amide bonds. The first kappa shape index (κ1) is 51.6. The van der Waals surface area contributed by atoms with E-state index in [9.17, 15) is 27.6 Å². The Bertz CT molecular complexity index is 1780. The number of nitrogens with one attached hydrogen (secondary N) is 1. The molecular formula is C47H68N2O10S. The molecule has 0 atom stereocenters. The molecule has 3 rings (SSSR count). The molecule has 0 radical (unpaired) electrons. The molecule has 0 aliphatic carbocycles. The lowest BCUT2D eigenvalue weighted by molar-refractivity contribution is -0.141. The Morgan fingerprint density at radius 2 is 0.917 bits per heavy atom. The molecule has 12 nitrogen and oxygen atoms in total. The Hall–Kier alpha value is -4.59. The van der Waals surface area contributed by atoms with Gasteiger partial charge in [-0.2, -0.15) is 4.31 Å². The van der Waals surface area contributed by atoms with E-state index in [4.69, 9.17) is 4.74 Å². The van der Waals surface area contributed by atoms with Crippen LogP contribution in [0.3, 0.4) is 0 Å². The van der Waals surface area contributed by atoms with Crippen molar-refractivity contribution in [3.63, 3.8) is 0 Å². The average Bonchev–Trinajstić information content (AvgIpc) is 3.27. The van der Waals surface area contributed by atoms with Crippen LogP contribution in [0.4, 0.5) is 0 Å². The predicted molar refractivity (Wildman–Crippen MR) is 234 cm³/mol. The quantitative estimate of drug-likeness (QED) is 0.0425. The van der Waals surface area contributed by atoms with Crippen molar-refractivity contribution in [2.45, 2.75) is 115 Å². The minimum Gasteiger partial charge on any atom is -0.469 e. The number of benzene rings is 3. The number of ether oxygens (including phenoxy) is 4. The summed E-state index contributed by atoms with van der Waals surface area (Å²) in [5.74, 6) is -0.974. The van der Waals surface area contributed by atoms with Gasteiger partial charge < -0.3 is 24.3 Å². The van der Waals surface area contributed by atoms with Gasteiger partial charge in [0, 0.05) is 25.9 Å². The standard InChI is InChI=1S/C27H37NO6S.C20H31NO4/c1-22-12-18-25(19-13-22)35(31,32)28(20-8-6-4-5-7-11-26(29)33-2)21-9-10-23-14-16-24(17-15-23)27(30)34-3;1-24-19(22)10-6-4-3-5-7-15-21-16-8-9-17-11-13-18(14-12-17)20(23)25-2/h12-19H,4-11,20-21H2,1-3H3;11-14,21H,3-10,15-16H2,1-2H3. The lowest BCUT2D eigenvalue weighted by Crippen LogP contribution is -2.33. The molecule has 3 aromatic rings. The van der Waals surface area contributed by atoms with E-state index < -0.39 is 10.0 Å². The zero-order chi connectivity index (χ0) is 44.0. The Kier molecular flexibility index (Phi) is 26.2. The molecule has 0 bridgehead atoms. The smallest absolute Gasteiger partial charge is 0.337 e. The molecular weight excluding hydrogens is 785 g/mol. The second-order valence-electron chi connectivity index (χ2n) is 14.7. The van der Waals surface area contributed by atoms with Crippen molar-refractivity contribution in [1.29, 1.82) is 0 Å². The van der Waals surface area contributed by atoms with Gasteiger partial charge in [0.15, 0.2) is 0 Å². The zero-order valence-electron chi connectivity index (χ0n) is 36.5. The Morgan fingerprint density at radius 1 is 0.500 bits per heavy atom. The van der Waals surface area contributed by atoms with Crippen LogP contribution in [0.25, 0.3) is 0 Å². The molecule has 0 fully saturated rings. The maximum atomic E-state index is 13.3. The van der Waals surface area contributed by atoms with Gasteiger partial charge in [0.25, 0.3) is 0 Å². The zero-order valence-corrected chi connectivity index (χ0v) is 37.3. The highest BCUT2D eigenvalue weighted by Crippen LogP contribution is 2.19. The molecule has 0 heterocycles. The van der Waals surface area contributed by atoms with Crippen LogP contribution in [0.1, 0.15) is 127 Å². The van der Waals surface area contributed by atoms with E-state index in [0.717, 1.165) is 82.0 Å². The van der Waals surface area contributed by atoms with E-state index in [1.54, 1.807) is 28.6 Å². The Labute approximate surface area is 358 Å². The number of rotatable bonds is 28. The minimum atomic E-state index is -3.59. The molecule has 0 saturated heterocycles. The fourth-order valence-electron chi connectivity index (χ4n) is 6.41. The highest BCUT2D eigenvalue weighted by atomic mass is 32.2. The van der Waals surface area contributed by atoms with E-state index in [-0.39, 0.29) is 23.9 Å². The van der Waals surface area contributed by atoms with Gasteiger partial charge in [-0.15, -0.1) is 0 Å². The van der Waals surface area contributed by atoms with Gasteiger partial charge in [-0.05, 0) is 119 Å². The number of hydrogen-bond donors (Lipinski definition) is 1. The monoisotopic (exact) mass is 852 g/mol. The molecule has 0 spiro atoms. The molecule has 0 aliphatic rings. The number of carbonyl (C=O) groups excluding carboxylic acids is 4.